The number of hydrogen-bond acceptors (Lipinski definition) is 3. The number of halogens is 1. The van der Waals surface area contributed by atoms with Gasteiger partial charge in [0.1, 0.15) is 0 Å². The molecule has 1 fully saturated rings. The van der Waals surface area contributed by atoms with Crippen LogP contribution < -0.4 is 10.0 Å². The largest absolute Gasteiger partial charge is 0.318 e. The van der Waals surface area contributed by atoms with Crippen LogP contribution in [0.15, 0.2) is 0 Å². The van der Waals surface area contributed by atoms with E-state index in [0.717, 1.165) is 25.7 Å². The SMILES string of the molecule is CNCCNS(=O)(=O)N1CCCCCC1.Cl. The molecule has 0 unspecified atom stereocenters. The van der Waals surface area contributed by atoms with Crippen molar-refractivity contribution < 1.29 is 8.42 Å². The summed E-state index contributed by atoms with van der Waals surface area (Å²) in [4.78, 5) is 0. The van der Waals surface area contributed by atoms with Crippen molar-refractivity contribution in [3.63, 3.8) is 0 Å². The summed E-state index contributed by atoms with van der Waals surface area (Å²) in [6.07, 6.45) is 4.24. The van der Waals surface area contributed by atoms with Crippen molar-refractivity contribution in [2.45, 2.75) is 25.7 Å². The topological polar surface area (TPSA) is 61.4 Å². The van der Waals surface area contributed by atoms with Crippen LogP contribution in [-0.4, -0.2) is 45.9 Å². The fourth-order valence-corrected chi connectivity index (χ4v) is 2.96. The van der Waals surface area contributed by atoms with E-state index in [9.17, 15) is 8.42 Å². The third-order valence-electron chi connectivity index (χ3n) is 2.56. The van der Waals surface area contributed by atoms with Crippen LogP contribution in [0, 0.1) is 0 Å². The van der Waals surface area contributed by atoms with Gasteiger partial charge in [0.2, 0.25) is 0 Å². The normalized spacial score (nSPS) is 18.8. The van der Waals surface area contributed by atoms with Crippen molar-refractivity contribution in [1.82, 2.24) is 14.3 Å². The summed E-state index contributed by atoms with van der Waals surface area (Å²) in [6.45, 7) is 2.44. The van der Waals surface area contributed by atoms with E-state index >= 15 is 0 Å². The van der Waals surface area contributed by atoms with Crippen molar-refractivity contribution >= 4 is 22.6 Å². The molecule has 1 rings (SSSR count). The van der Waals surface area contributed by atoms with Gasteiger partial charge in [-0.2, -0.15) is 12.7 Å². The minimum absolute atomic E-state index is 0. The lowest BCUT2D eigenvalue weighted by molar-refractivity contribution is 0.415. The molecule has 0 aromatic heterocycles. The lowest BCUT2D eigenvalue weighted by Gasteiger charge is -2.20. The summed E-state index contributed by atoms with van der Waals surface area (Å²) in [5.41, 5.74) is 0. The highest BCUT2D eigenvalue weighted by atomic mass is 35.5. The van der Waals surface area contributed by atoms with Crippen molar-refractivity contribution in [2.24, 2.45) is 0 Å². The summed E-state index contributed by atoms with van der Waals surface area (Å²) in [5, 5.41) is 2.91. The van der Waals surface area contributed by atoms with Gasteiger partial charge in [-0.15, -0.1) is 12.4 Å². The molecule has 16 heavy (non-hydrogen) atoms. The van der Waals surface area contributed by atoms with Gasteiger partial charge >= 0.3 is 0 Å². The molecule has 1 heterocycles. The number of nitrogens with zero attached hydrogens (tertiary/aromatic N) is 1. The highest BCUT2D eigenvalue weighted by Crippen LogP contribution is 2.11. The summed E-state index contributed by atoms with van der Waals surface area (Å²) in [7, 11) is -1.43. The van der Waals surface area contributed by atoms with Crippen molar-refractivity contribution in [1.29, 1.82) is 0 Å². The Balaban J connectivity index is 0.00000225. The molecule has 1 aliphatic rings. The van der Waals surface area contributed by atoms with Gasteiger partial charge in [0, 0.05) is 26.2 Å². The van der Waals surface area contributed by atoms with Crippen LogP contribution in [-0.2, 0) is 10.2 Å². The minimum atomic E-state index is -3.24. The number of likely N-dealkylation sites (N-methyl/N-ethyl adjacent to an activating group) is 1. The fraction of sp³-hybridized carbons (Fsp3) is 1.00. The standard InChI is InChI=1S/C9H21N3O2S.ClH/c1-10-6-7-11-15(13,14)12-8-4-2-3-5-9-12;/h10-11H,2-9H2,1H3;1H. The van der Waals surface area contributed by atoms with E-state index < -0.39 is 10.2 Å². The van der Waals surface area contributed by atoms with Gasteiger partial charge in [-0.05, 0) is 19.9 Å². The number of nitrogens with one attached hydrogen (secondary N) is 2. The van der Waals surface area contributed by atoms with Crippen LogP contribution >= 0.6 is 12.4 Å². The Hall–Kier alpha value is 0.120. The predicted octanol–water partition coefficient (Wildman–Crippen LogP) is 0.338. The van der Waals surface area contributed by atoms with E-state index in [1.165, 1.54) is 0 Å². The first-order valence-electron chi connectivity index (χ1n) is 5.56. The molecule has 0 aromatic carbocycles. The Morgan fingerprint density at radius 3 is 2.12 bits per heavy atom. The van der Waals surface area contributed by atoms with Gasteiger partial charge in [0.05, 0.1) is 0 Å². The molecule has 0 aromatic rings. The van der Waals surface area contributed by atoms with Crippen LogP contribution in [0.1, 0.15) is 25.7 Å². The zero-order valence-electron chi connectivity index (χ0n) is 9.74. The van der Waals surface area contributed by atoms with Crippen molar-refractivity contribution in [2.75, 3.05) is 33.2 Å². The molecule has 0 spiro atoms. The summed E-state index contributed by atoms with van der Waals surface area (Å²) >= 11 is 0. The Morgan fingerprint density at radius 1 is 1.06 bits per heavy atom. The molecule has 2 N–H and O–H groups in total. The Bertz CT molecular complexity index is 264. The molecule has 0 aliphatic carbocycles. The average Bonchev–Trinajstić information content (AvgIpc) is 2.46. The molecule has 0 atom stereocenters. The zero-order chi connectivity index (χ0) is 11.1. The highest BCUT2D eigenvalue weighted by Gasteiger charge is 2.21. The summed E-state index contributed by atoms with van der Waals surface area (Å²) in [5.74, 6) is 0. The maximum absolute atomic E-state index is 11.8. The summed E-state index contributed by atoms with van der Waals surface area (Å²) < 4.78 is 27.8. The smallest absolute Gasteiger partial charge is 0.279 e. The molecular weight excluding hydrogens is 250 g/mol. The first-order valence-corrected chi connectivity index (χ1v) is 7.00. The zero-order valence-corrected chi connectivity index (χ0v) is 11.4. The second-order valence-electron chi connectivity index (χ2n) is 3.82. The first kappa shape index (κ1) is 16.1. The molecule has 0 bridgehead atoms. The molecule has 0 amide bonds. The molecule has 5 nitrogen and oxygen atoms in total. The first-order chi connectivity index (χ1) is 7.17. The Morgan fingerprint density at radius 2 is 1.62 bits per heavy atom. The average molecular weight is 272 g/mol. The Kier molecular flexibility index (Phi) is 8.31. The van der Waals surface area contributed by atoms with Gasteiger partial charge < -0.3 is 5.32 Å². The molecule has 0 saturated carbocycles. The van der Waals surface area contributed by atoms with Gasteiger partial charge in [0.25, 0.3) is 10.2 Å². The summed E-state index contributed by atoms with van der Waals surface area (Å²) in [6, 6.07) is 0. The van der Waals surface area contributed by atoms with Gasteiger partial charge in [-0.3, -0.25) is 0 Å². The van der Waals surface area contributed by atoms with Gasteiger partial charge in [0.15, 0.2) is 0 Å². The van der Waals surface area contributed by atoms with Crippen LogP contribution in [0.4, 0.5) is 0 Å². The van der Waals surface area contributed by atoms with Gasteiger partial charge in [-0.25, -0.2) is 4.72 Å². The van der Waals surface area contributed by atoms with Crippen molar-refractivity contribution in [3.05, 3.63) is 0 Å². The maximum atomic E-state index is 11.8. The van der Waals surface area contributed by atoms with Crippen LogP contribution in [0.5, 0.6) is 0 Å². The third kappa shape index (κ3) is 5.45. The molecule has 98 valence electrons. The molecule has 0 radical (unpaired) electrons. The molecule has 1 aliphatic heterocycles. The lowest BCUT2D eigenvalue weighted by Crippen LogP contribution is -2.43. The predicted molar refractivity (Wildman–Crippen MR) is 68.1 cm³/mol. The maximum Gasteiger partial charge on any atom is 0.279 e. The van der Waals surface area contributed by atoms with E-state index in [2.05, 4.69) is 10.0 Å². The van der Waals surface area contributed by atoms with E-state index in [1.807, 2.05) is 0 Å². The van der Waals surface area contributed by atoms with Crippen LogP contribution in [0.25, 0.3) is 0 Å². The number of hydrogen-bond donors (Lipinski definition) is 2. The molecular formula is C9H22ClN3O2S. The van der Waals surface area contributed by atoms with E-state index in [-0.39, 0.29) is 12.4 Å². The fourth-order valence-electron chi connectivity index (χ4n) is 1.68. The monoisotopic (exact) mass is 271 g/mol. The molecule has 7 heteroatoms. The number of rotatable bonds is 5. The quantitative estimate of drug-likeness (QED) is 0.709. The van der Waals surface area contributed by atoms with Crippen LogP contribution in [0.3, 0.4) is 0 Å². The van der Waals surface area contributed by atoms with Crippen molar-refractivity contribution in [3.8, 4) is 0 Å². The van der Waals surface area contributed by atoms with E-state index in [1.54, 1.807) is 11.4 Å². The third-order valence-corrected chi connectivity index (χ3v) is 4.18. The minimum Gasteiger partial charge on any atom is -0.318 e. The van der Waals surface area contributed by atoms with Gasteiger partial charge in [-0.1, -0.05) is 12.8 Å². The van der Waals surface area contributed by atoms with E-state index in [4.69, 9.17) is 0 Å². The second-order valence-corrected chi connectivity index (χ2v) is 5.57. The van der Waals surface area contributed by atoms with Crippen LogP contribution in [0.2, 0.25) is 0 Å². The highest BCUT2D eigenvalue weighted by molar-refractivity contribution is 7.87. The molecule has 1 saturated heterocycles. The Labute approximate surface area is 105 Å². The second kappa shape index (κ2) is 8.25. The van der Waals surface area contributed by atoms with E-state index in [0.29, 0.717) is 26.2 Å². The lowest BCUT2D eigenvalue weighted by atomic mass is 10.2.